The Balaban J connectivity index is 1.68. The van der Waals surface area contributed by atoms with Crippen LogP contribution in [0.15, 0.2) is 36.4 Å². The Morgan fingerprint density at radius 2 is 1.93 bits per heavy atom. The smallest absolute Gasteiger partial charge is 0.261 e. The minimum absolute atomic E-state index is 0.235. The van der Waals surface area contributed by atoms with Crippen molar-refractivity contribution in [1.82, 2.24) is 9.88 Å². The third kappa shape index (κ3) is 4.68. The first-order valence-corrected chi connectivity index (χ1v) is 11.1. The molecule has 0 saturated carbocycles. The molecule has 0 N–H and O–H groups in total. The van der Waals surface area contributed by atoms with E-state index in [4.69, 9.17) is 39.5 Å². The number of thiazole rings is 1. The van der Waals surface area contributed by atoms with Gasteiger partial charge in [-0.05, 0) is 30.3 Å². The summed E-state index contributed by atoms with van der Waals surface area (Å²) in [6.07, 6.45) is 0. The summed E-state index contributed by atoms with van der Waals surface area (Å²) in [6.45, 7) is 4.25. The minimum atomic E-state index is -0.235. The molecule has 0 spiro atoms. The van der Waals surface area contributed by atoms with Gasteiger partial charge >= 0.3 is 0 Å². The Morgan fingerprint density at radius 3 is 2.69 bits per heavy atom. The van der Waals surface area contributed by atoms with Gasteiger partial charge in [-0.3, -0.25) is 14.6 Å². The van der Waals surface area contributed by atoms with Gasteiger partial charge in [0.1, 0.15) is 5.52 Å². The van der Waals surface area contributed by atoms with Crippen molar-refractivity contribution >= 4 is 67.4 Å². The first-order valence-electron chi connectivity index (χ1n) is 9.15. The number of nitrogens with zero attached hydrogens (tertiary/aromatic N) is 3. The Morgan fingerprint density at radius 1 is 1.14 bits per heavy atom. The topological polar surface area (TPSA) is 45.7 Å². The maximum Gasteiger partial charge on any atom is 0.261 e. The summed E-state index contributed by atoms with van der Waals surface area (Å²) < 4.78 is 6.34. The van der Waals surface area contributed by atoms with Gasteiger partial charge in [-0.25, -0.2) is 4.98 Å². The standard InChI is InChI=1S/C20H18Cl3N3O2S/c21-13-4-5-15(22)14(12-13)19(27)26(7-6-25-8-10-28-11-9-25)20-24-18-16(23)2-1-3-17(18)29-20/h1-5,12H,6-11H2. The van der Waals surface area contributed by atoms with Crippen LogP contribution in [0.5, 0.6) is 0 Å². The Hall–Kier alpha value is -1.41. The first-order chi connectivity index (χ1) is 14.0. The highest BCUT2D eigenvalue weighted by atomic mass is 35.5. The predicted molar refractivity (Wildman–Crippen MR) is 120 cm³/mol. The van der Waals surface area contributed by atoms with E-state index in [9.17, 15) is 4.79 Å². The van der Waals surface area contributed by atoms with Crippen LogP contribution < -0.4 is 4.90 Å². The number of hydrogen-bond acceptors (Lipinski definition) is 5. The van der Waals surface area contributed by atoms with Crippen molar-refractivity contribution in [2.75, 3.05) is 44.3 Å². The molecule has 3 aromatic rings. The molecule has 2 aromatic carbocycles. The van der Waals surface area contributed by atoms with Crippen molar-refractivity contribution in [3.05, 3.63) is 57.0 Å². The van der Waals surface area contributed by atoms with Crippen LogP contribution in [0.4, 0.5) is 5.13 Å². The first kappa shape index (κ1) is 20.8. The molecule has 1 aliphatic heterocycles. The quantitative estimate of drug-likeness (QED) is 0.512. The van der Waals surface area contributed by atoms with Gasteiger partial charge in [-0.1, -0.05) is 52.2 Å². The molecule has 152 valence electrons. The lowest BCUT2D eigenvalue weighted by Gasteiger charge is -2.29. The molecule has 9 heteroatoms. The number of aromatic nitrogens is 1. The second kappa shape index (κ2) is 9.16. The highest BCUT2D eigenvalue weighted by molar-refractivity contribution is 7.22. The van der Waals surface area contributed by atoms with E-state index in [-0.39, 0.29) is 5.91 Å². The number of hydrogen-bond donors (Lipinski definition) is 0. The van der Waals surface area contributed by atoms with Crippen LogP contribution in [0, 0.1) is 0 Å². The normalized spacial score (nSPS) is 15.0. The molecule has 1 amide bonds. The van der Waals surface area contributed by atoms with Crippen molar-refractivity contribution in [2.24, 2.45) is 0 Å². The van der Waals surface area contributed by atoms with E-state index >= 15 is 0 Å². The van der Waals surface area contributed by atoms with Crippen LogP contribution in [-0.4, -0.2) is 55.2 Å². The number of morpholine rings is 1. The molecule has 1 saturated heterocycles. The zero-order valence-corrected chi connectivity index (χ0v) is 18.5. The van der Waals surface area contributed by atoms with Crippen LogP contribution in [0.25, 0.3) is 10.2 Å². The number of carbonyl (C=O) groups is 1. The van der Waals surface area contributed by atoms with Gasteiger partial charge in [-0.15, -0.1) is 0 Å². The summed E-state index contributed by atoms with van der Waals surface area (Å²) in [5, 5.41) is 1.96. The summed E-state index contributed by atoms with van der Waals surface area (Å²) in [5.74, 6) is -0.235. The number of fused-ring (bicyclic) bond motifs is 1. The molecule has 4 rings (SSSR count). The fourth-order valence-corrected chi connectivity index (χ4v) is 4.84. The van der Waals surface area contributed by atoms with E-state index in [0.29, 0.717) is 57.6 Å². The number of halogens is 3. The van der Waals surface area contributed by atoms with Gasteiger partial charge in [0.15, 0.2) is 5.13 Å². The second-order valence-electron chi connectivity index (χ2n) is 6.62. The van der Waals surface area contributed by atoms with Crippen LogP contribution in [0.1, 0.15) is 10.4 Å². The van der Waals surface area contributed by atoms with Gasteiger partial charge in [0, 0.05) is 31.2 Å². The molecule has 2 heterocycles. The maximum absolute atomic E-state index is 13.4. The molecule has 0 aliphatic carbocycles. The molecule has 1 aliphatic rings. The molecule has 29 heavy (non-hydrogen) atoms. The Labute approximate surface area is 187 Å². The van der Waals surface area contributed by atoms with Gasteiger partial charge in [0.25, 0.3) is 5.91 Å². The summed E-state index contributed by atoms with van der Waals surface area (Å²) in [7, 11) is 0. The van der Waals surface area contributed by atoms with Crippen LogP contribution in [0.3, 0.4) is 0 Å². The van der Waals surface area contributed by atoms with Gasteiger partial charge in [0.05, 0.1) is 33.5 Å². The van der Waals surface area contributed by atoms with Crippen molar-refractivity contribution in [2.45, 2.75) is 0 Å². The molecule has 0 unspecified atom stereocenters. The number of rotatable bonds is 5. The lowest BCUT2D eigenvalue weighted by molar-refractivity contribution is 0.0391. The highest BCUT2D eigenvalue weighted by Crippen LogP contribution is 2.34. The fraction of sp³-hybridized carbons (Fsp3) is 0.300. The van der Waals surface area contributed by atoms with E-state index in [2.05, 4.69) is 9.88 Å². The monoisotopic (exact) mass is 469 g/mol. The molecular weight excluding hydrogens is 453 g/mol. The molecule has 5 nitrogen and oxygen atoms in total. The lowest BCUT2D eigenvalue weighted by Crippen LogP contribution is -2.43. The lowest BCUT2D eigenvalue weighted by atomic mass is 10.2. The molecule has 0 radical (unpaired) electrons. The van der Waals surface area contributed by atoms with Crippen molar-refractivity contribution in [1.29, 1.82) is 0 Å². The van der Waals surface area contributed by atoms with Gasteiger partial charge < -0.3 is 4.74 Å². The van der Waals surface area contributed by atoms with E-state index in [1.54, 1.807) is 29.2 Å². The second-order valence-corrected chi connectivity index (χ2v) is 8.88. The molecule has 0 atom stereocenters. The fourth-order valence-electron chi connectivity index (χ4n) is 3.18. The Kier molecular flexibility index (Phi) is 6.59. The predicted octanol–water partition coefficient (Wildman–Crippen LogP) is 5.24. The zero-order valence-electron chi connectivity index (χ0n) is 15.4. The number of anilines is 1. The van der Waals surface area contributed by atoms with E-state index in [1.165, 1.54) is 11.3 Å². The molecule has 1 aromatic heterocycles. The third-order valence-electron chi connectivity index (χ3n) is 4.74. The Bertz CT molecular complexity index is 1040. The third-order valence-corrected chi connectivity index (χ3v) is 6.65. The number of carbonyl (C=O) groups excluding carboxylic acids is 1. The van der Waals surface area contributed by atoms with Crippen LogP contribution in [-0.2, 0) is 4.74 Å². The number of benzene rings is 2. The summed E-state index contributed by atoms with van der Waals surface area (Å²) in [4.78, 5) is 22.0. The van der Waals surface area contributed by atoms with Crippen molar-refractivity contribution in [3.8, 4) is 0 Å². The molecule has 0 bridgehead atoms. The van der Waals surface area contributed by atoms with Crippen molar-refractivity contribution in [3.63, 3.8) is 0 Å². The number of ether oxygens (including phenoxy) is 1. The minimum Gasteiger partial charge on any atom is -0.379 e. The maximum atomic E-state index is 13.4. The van der Waals surface area contributed by atoms with E-state index in [1.807, 2.05) is 12.1 Å². The molecule has 1 fully saturated rings. The average Bonchev–Trinajstić information content (AvgIpc) is 3.16. The number of para-hydroxylation sites is 1. The SMILES string of the molecule is O=C(c1cc(Cl)ccc1Cl)N(CCN1CCOCC1)c1nc2c(Cl)cccc2s1. The summed E-state index contributed by atoms with van der Waals surface area (Å²) in [5.41, 5.74) is 1.04. The number of amides is 1. The molecular formula is C20H18Cl3N3O2S. The summed E-state index contributed by atoms with van der Waals surface area (Å²) in [6, 6.07) is 10.5. The van der Waals surface area contributed by atoms with Gasteiger partial charge in [0.2, 0.25) is 0 Å². The zero-order chi connectivity index (χ0) is 20.4. The summed E-state index contributed by atoms with van der Waals surface area (Å²) >= 11 is 20.1. The van der Waals surface area contributed by atoms with Crippen LogP contribution >= 0.6 is 46.1 Å². The van der Waals surface area contributed by atoms with Crippen LogP contribution in [0.2, 0.25) is 15.1 Å². The van der Waals surface area contributed by atoms with Gasteiger partial charge in [-0.2, -0.15) is 0 Å². The average molecular weight is 471 g/mol. The van der Waals surface area contributed by atoms with E-state index < -0.39 is 0 Å². The van der Waals surface area contributed by atoms with Crippen molar-refractivity contribution < 1.29 is 9.53 Å². The highest BCUT2D eigenvalue weighted by Gasteiger charge is 2.25. The largest absolute Gasteiger partial charge is 0.379 e. The van der Waals surface area contributed by atoms with E-state index in [0.717, 1.165) is 17.8 Å².